The van der Waals surface area contributed by atoms with Crippen LogP contribution in [0.2, 0.25) is 0 Å². The van der Waals surface area contributed by atoms with Crippen molar-refractivity contribution in [2.45, 2.75) is 6.42 Å². The van der Waals surface area contributed by atoms with E-state index >= 15 is 0 Å². The molecule has 0 unspecified atom stereocenters. The van der Waals surface area contributed by atoms with E-state index in [2.05, 4.69) is 21.1 Å². The minimum Gasteiger partial charge on any atom is -0.490 e. The average molecular weight is 347 g/mol. The van der Waals surface area contributed by atoms with E-state index in [0.717, 1.165) is 10.9 Å². The van der Waals surface area contributed by atoms with Gasteiger partial charge in [-0.2, -0.15) is 0 Å². The van der Waals surface area contributed by atoms with Gasteiger partial charge in [-0.1, -0.05) is 21.1 Å². The molecule has 1 rings (SSSR count). The summed E-state index contributed by atoms with van der Waals surface area (Å²) in [6.45, 7) is 2.17. The number of ether oxygens (including phenoxy) is 3. The summed E-state index contributed by atoms with van der Waals surface area (Å²) < 4.78 is 16.7. The molecule has 0 fully saturated rings. The normalized spacial score (nSPS) is 11.6. The molecule has 0 amide bonds. The maximum Gasteiger partial charge on any atom is 0.173 e. The van der Waals surface area contributed by atoms with Gasteiger partial charge in [0.15, 0.2) is 5.84 Å². The number of amidine groups is 1. The first-order valence-corrected chi connectivity index (χ1v) is 6.95. The molecule has 0 aliphatic carbocycles. The van der Waals surface area contributed by atoms with E-state index in [9.17, 15) is 0 Å². The quantitative estimate of drug-likeness (QED) is 0.235. The molecule has 0 aliphatic rings. The molecule has 1 aromatic carbocycles. The van der Waals surface area contributed by atoms with Gasteiger partial charge < -0.3 is 25.2 Å². The predicted molar refractivity (Wildman–Crippen MR) is 79.5 cm³/mol. The van der Waals surface area contributed by atoms with Crippen LogP contribution in [0.25, 0.3) is 0 Å². The van der Waals surface area contributed by atoms with Crippen LogP contribution in [0.4, 0.5) is 0 Å². The minimum atomic E-state index is 0.00214. The molecule has 112 valence electrons. The predicted octanol–water partition coefficient (Wildman–Crippen LogP) is 1.98. The second kappa shape index (κ2) is 9.57. The van der Waals surface area contributed by atoms with Gasteiger partial charge in [0.1, 0.15) is 12.4 Å². The Kier molecular flexibility index (Phi) is 8.01. The van der Waals surface area contributed by atoms with Crippen molar-refractivity contribution in [1.29, 1.82) is 0 Å². The molecule has 0 bridgehead atoms. The third-order valence-corrected chi connectivity index (χ3v) is 2.94. The molecular formula is C13H19BrN2O4. The molecular weight excluding hydrogens is 328 g/mol. The van der Waals surface area contributed by atoms with E-state index < -0.39 is 0 Å². The van der Waals surface area contributed by atoms with Gasteiger partial charge in [0.2, 0.25) is 0 Å². The summed E-state index contributed by atoms with van der Waals surface area (Å²) in [6, 6.07) is 5.30. The number of methoxy groups -OCH3 is 1. The lowest BCUT2D eigenvalue weighted by Crippen LogP contribution is -2.16. The average Bonchev–Trinajstić information content (AvgIpc) is 2.46. The first-order chi connectivity index (χ1) is 9.69. The van der Waals surface area contributed by atoms with Crippen LogP contribution in [0.3, 0.4) is 0 Å². The van der Waals surface area contributed by atoms with E-state index in [1.165, 1.54) is 0 Å². The van der Waals surface area contributed by atoms with Gasteiger partial charge in [0, 0.05) is 24.8 Å². The van der Waals surface area contributed by atoms with Gasteiger partial charge in [0.05, 0.1) is 12.2 Å². The number of rotatable bonds is 9. The fourth-order valence-electron chi connectivity index (χ4n) is 1.50. The number of nitrogens with two attached hydrogens (primary N) is 1. The van der Waals surface area contributed by atoms with Gasteiger partial charge in [-0.3, -0.25) is 0 Å². The summed E-state index contributed by atoms with van der Waals surface area (Å²) in [5.41, 5.74) is 6.13. The maximum atomic E-state index is 8.75. The van der Waals surface area contributed by atoms with Gasteiger partial charge in [-0.05, 0) is 24.6 Å². The molecule has 0 heterocycles. The third kappa shape index (κ3) is 5.77. The van der Waals surface area contributed by atoms with Gasteiger partial charge in [-0.15, -0.1) is 0 Å². The van der Waals surface area contributed by atoms with Crippen molar-refractivity contribution in [1.82, 2.24) is 0 Å². The molecule has 0 saturated heterocycles. The molecule has 7 heteroatoms. The maximum absolute atomic E-state index is 8.75. The number of halogens is 1. The summed E-state index contributed by atoms with van der Waals surface area (Å²) in [5, 5.41) is 11.7. The highest BCUT2D eigenvalue weighted by atomic mass is 79.9. The minimum absolute atomic E-state index is 0.00214. The summed E-state index contributed by atoms with van der Waals surface area (Å²) in [7, 11) is 1.66. The SMILES string of the molecule is COCCCOCCOc1ccc(Br)cc1/C(N)=N/O. The Hall–Kier alpha value is -1.31. The van der Waals surface area contributed by atoms with E-state index in [-0.39, 0.29) is 5.84 Å². The molecule has 6 nitrogen and oxygen atoms in total. The van der Waals surface area contributed by atoms with Gasteiger partial charge in [-0.25, -0.2) is 0 Å². The molecule has 0 aromatic heterocycles. The molecule has 0 spiro atoms. The van der Waals surface area contributed by atoms with Crippen molar-refractivity contribution in [3.63, 3.8) is 0 Å². The highest BCUT2D eigenvalue weighted by Gasteiger charge is 2.09. The highest BCUT2D eigenvalue weighted by Crippen LogP contribution is 2.23. The van der Waals surface area contributed by atoms with Crippen LogP contribution in [0.5, 0.6) is 5.75 Å². The lowest BCUT2D eigenvalue weighted by atomic mass is 10.2. The number of hydrogen-bond acceptors (Lipinski definition) is 5. The van der Waals surface area contributed by atoms with E-state index in [0.29, 0.717) is 37.7 Å². The van der Waals surface area contributed by atoms with Crippen molar-refractivity contribution < 1.29 is 19.4 Å². The van der Waals surface area contributed by atoms with E-state index in [1.54, 1.807) is 19.2 Å². The van der Waals surface area contributed by atoms with Crippen molar-refractivity contribution in [2.75, 3.05) is 33.5 Å². The van der Waals surface area contributed by atoms with Crippen LogP contribution in [0, 0.1) is 0 Å². The van der Waals surface area contributed by atoms with Crippen molar-refractivity contribution in [2.24, 2.45) is 10.9 Å². The zero-order valence-electron chi connectivity index (χ0n) is 11.3. The lowest BCUT2D eigenvalue weighted by Gasteiger charge is -2.11. The van der Waals surface area contributed by atoms with E-state index in [1.807, 2.05) is 6.07 Å². The summed E-state index contributed by atoms with van der Waals surface area (Å²) in [4.78, 5) is 0. The van der Waals surface area contributed by atoms with Crippen LogP contribution in [0.1, 0.15) is 12.0 Å². The second-order valence-electron chi connectivity index (χ2n) is 3.93. The molecule has 0 aliphatic heterocycles. The van der Waals surface area contributed by atoms with Crippen LogP contribution in [-0.4, -0.2) is 44.6 Å². The van der Waals surface area contributed by atoms with Gasteiger partial charge >= 0.3 is 0 Å². The lowest BCUT2D eigenvalue weighted by molar-refractivity contribution is 0.0806. The van der Waals surface area contributed by atoms with Gasteiger partial charge in [0.25, 0.3) is 0 Å². The van der Waals surface area contributed by atoms with E-state index in [4.69, 9.17) is 25.2 Å². The van der Waals surface area contributed by atoms with Crippen LogP contribution >= 0.6 is 15.9 Å². The van der Waals surface area contributed by atoms with Crippen LogP contribution < -0.4 is 10.5 Å². The Balaban J connectivity index is 2.43. The number of hydrogen-bond donors (Lipinski definition) is 2. The second-order valence-corrected chi connectivity index (χ2v) is 4.85. The zero-order chi connectivity index (χ0) is 14.8. The highest BCUT2D eigenvalue weighted by molar-refractivity contribution is 9.10. The molecule has 0 saturated carbocycles. The summed E-state index contributed by atoms with van der Waals surface area (Å²) in [5.74, 6) is 0.548. The topological polar surface area (TPSA) is 86.3 Å². The number of oxime groups is 1. The monoisotopic (exact) mass is 346 g/mol. The van der Waals surface area contributed by atoms with Crippen LogP contribution in [-0.2, 0) is 9.47 Å². The zero-order valence-corrected chi connectivity index (χ0v) is 12.9. The number of nitrogens with zero attached hydrogens (tertiary/aromatic N) is 1. The fourth-order valence-corrected chi connectivity index (χ4v) is 1.86. The fraction of sp³-hybridized carbons (Fsp3) is 0.462. The first-order valence-electron chi connectivity index (χ1n) is 6.16. The Morgan fingerprint density at radius 3 is 2.80 bits per heavy atom. The molecule has 1 aromatic rings. The smallest absolute Gasteiger partial charge is 0.173 e. The Morgan fingerprint density at radius 2 is 2.10 bits per heavy atom. The molecule has 3 N–H and O–H groups in total. The molecule has 0 atom stereocenters. The number of benzene rings is 1. The largest absolute Gasteiger partial charge is 0.490 e. The summed E-state index contributed by atoms with van der Waals surface area (Å²) >= 11 is 3.33. The Labute approximate surface area is 126 Å². The molecule has 0 radical (unpaired) electrons. The van der Waals surface area contributed by atoms with Crippen molar-refractivity contribution in [3.8, 4) is 5.75 Å². The Bertz CT molecular complexity index is 440. The van der Waals surface area contributed by atoms with Crippen molar-refractivity contribution in [3.05, 3.63) is 28.2 Å². The van der Waals surface area contributed by atoms with Crippen molar-refractivity contribution >= 4 is 21.8 Å². The third-order valence-electron chi connectivity index (χ3n) is 2.45. The first kappa shape index (κ1) is 16.7. The standard InChI is InChI=1S/C13H19BrN2O4/c1-18-5-2-6-19-7-8-20-12-4-3-10(14)9-11(12)13(15)16-17/h3-4,9,17H,2,5-8H2,1H3,(H2,15,16). The molecule has 20 heavy (non-hydrogen) atoms. The van der Waals surface area contributed by atoms with Crippen LogP contribution in [0.15, 0.2) is 27.8 Å². The summed E-state index contributed by atoms with van der Waals surface area (Å²) in [6.07, 6.45) is 0.851. The Morgan fingerprint density at radius 1 is 1.30 bits per heavy atom.